The number of hydrogen-bond acceptors (Lipinski definition) is 3. The summed E-state index contributed by atoms with van der Waals surface area (Å²) >= 11 is 7.61. The first-order valence-electron chi connectivity index (χ1n) is 6.15. The fourth-order valence-electron chi connectivity index (χ4n) is 1.40. The van der Waals surface area contributed by atoms with E-state index in [1.54, 1.807) is 23.9 Å². The number of aliphatic hydroxyl groups excluding tert-OH is 1. The monoisotopic (exact) mass is 302 g/mol. The van der Waals surface area contributed by atoms with Gasteiger partial charge in [0.15, 0.2) is 0 Å². The Balaban J connectivity index is 2.69. The zero-order chi connectivity index (χ0) is 14.3. The Morgan fingerprint density at radius 2 is 2.21 bits per heavy atom. The first-order chi connectivity index (χ1) is 9.02. The van der Waals surface area contributed by atoms with Gasteiger partial charge in [-0.05, 0) is 24.6 Å². The molecule has 1 aromatic carbocycles. The quantitative estimate of drug-likeness (QED) is 0.558. The number of rotatable bonds is 6. The summed E-state index contributed by atoms with van der Waals surface area (Å²) in [7, 11) is 0. The van der Waals surface area contributed by atoms with Crippen molar-refractivity contribution in [2.75, 3.05) is 18.5 Å². The summed E-state index contributed by atoms with van der Waals surface area (Å²) in [6.07, 6.45) is 0.538. The highest BCUT2D eigenvalue weighted by Gasteiger charge is 2.09. The summed E-state index contributed by atoms with van der Waals surface area (Å²) in [5.74, 6) is 0. The normalized spacial score (nSPS) is 10.6. The summed E-state index contributed by atoms with van der Waals surface area (Å²) in [6, 6.07) is 5.15. The topological polar surface area (TPSA) is 61.4 Å². The average Bonchev–Trinajstić information content (AvgIpc) is 2.32. The maximum absolute atomic E-state index is 11.7. The predicted octanol–water partition coefficient (Wildman–Crippen LogP) is 3.34. The van der Waals surface area contributed by atoms with Crippen LogP contribution in [0.3, 0.4) is 0 Å². The molecular formula is C13H19ClN2O2S. The van der Waals surface area contributed by atoms with Crippen molar-refractivity contribution in [3.05, 3.63) is 23.2 Å². The number of amides is 2. The highest BCUT2D eigenvalue weighted by molar-refractivity contribution is 8.00. The van der Waals surface area contributed by atoms with Gasteiger partial charge in [0, 0.05) is 28.3 Å². The van der Waals surface area contributed by atoms with Crippen LogP contribution in [-0.4, -0.2) is 29.5 Å². The molecule has 0 aliphatic carbocycles. The summed E-state index contributed by atoms with van der Waals surface area (Å²) in [5.41, 5.74) is 0.702. The highest BCUT2D eigenvalue weighted by Crippen LogP contribution is 2.32. The van der Waals surface area contributed by atoms with Crippen LogP contribution in [-0.2, 0) is 0 Å². The van der Waals surface area contributed by atoms with Crippen molar-refractivity contribution < 1.29 is 9.90 Å². The van der Waals surface area contributed by atoms with Crippen molar-refractivity contribution in [2.45, 2.75) is 30.4 Å². The van der Waals surface area contributed by atoms with E-state index in [4.69, 9.17) is 16.7 Å². The van der Waals surface area contributed by atoms with Gasteiger partial charge in [-0.15, -0.1) is 11.8 Å². The van der Waals surface area contributed by atoms with Crippen LogP contribution in [0.25, 0.3) is 0 Å². The van der Waals surface area contributed by atoms with Crippen molar-refractivity contribution in [3.63, 3.8) is 0 Å². The molecule has 4 nitrogen and oxygen atoms in total. The molecule has 0 fully saturated rings. The van der Waals surface area contributed by atoms with E-state index in [0.717, 1.165) is 4.90 Å². The van der Waals surface area contributed by atoms with Gasteiger partial charge in [-0.3, -0.25) is 0 Å². The van der Waals surface area contributed by atoms with Crippen LogP contribution in [0.5, 0.6) is 0 Å². The Kier molecular flexibility index (Phi) is 7.05. The highest BCUT2D eigenvalue weighted by atomic mass is 35.5. The van der Waals surface area contributed by atoms with Gasteiger partial charge in [-0.25, -0.2) is 4.79 Å². The minimum atomic E-state index is -0.290. The summed E-state index contributed by atoms with van der Waals surface area (Å²) in [5, 5.41) is 15.1. The lowest BCUT2D eigenvalue weighted by atomic mass is 10.3. The fraction of sp³-hybridized carbons (Fsp3) is 0.462. The van der Waals surface area contributed by atoms with Crippen LogP contribution in [0.4, 0.5) is 10.5 Å². The van der Waals surface area contributed by atoms with E-state index in [1.807, 2.05) is 6.07 Å². The van der Waals surface area contributed by atoms with E-state index in [0.29, 0.717) is 28.9 Å². The molecule has 0 aliphatic heterocycles. The first-order valence-corrected chi connectivity index (χ1v) is 7.40. The molecule has 0 spiro atoms. The van der Waals surface area contributed by atoms with Crippen molar-refractivity contribution in [3.8, 4) is 0 Å². The Bertz CT molecular complexity index is 427. The Morgan fingerprint density at radius 1 is 1.47 bits per heavy atom. The van der Waals surface area contributed by atoms with Crippen LogP contribution in [0.2, 0.25) is 5.02 Å². The van der Waals surface area contributed by atoms with Gasteiger partial charge in [-0.1, -0.05) is 25.4 Å². The third-order valence-electron chi connectivity index (χ3n) is 2.17. The molecule has 0 aromatic heterocycles. The first kappa shape index (κ1) is 16.1. The number of benzene rings is 1. The van der Waals surface area contributed by atoms with E-state index in [2.05, 4.69) is 24.5 Å². The Labute approximate surface area is 122 Å². The third kappa shape index (κ3) is 6.18. The number of carbonyl (C=O) groups is 1. The van der Waals surface area contributed by atoms with Gasteiger partial charge in [0.2, 0.25) is 0 Å². The second kappa shape index (κ2) is 8.30. The molecule has 0 heterocycles. The number of anilines is 1. The van der Waals surface area contributed by atoms with E-state index in [-0.39, 0.29) is 12.6 Å². The smallest absolute Gasteiger partial charge is 0.319 e. The van der Waals surface area contributed by atoms with Crippen molar-refractivity contribution in [1.29, 1.82) is 0 Å². The number of nitrogens with one attached hydrogen (secondary N) is 2. The number of thioether (sulfide) groups is 1. The lowest BCUT2D eigenvalue weighted by molar-refractivity contribution is 0.249. The standard InChI is InChI=1S/C13H19ClN2O2S/c1-9(2)19-12-5-4-10(14)8-11(12)16-13(18)15-6-3-7-17/h4-5,8-9,17H,3,6-7H2,1-2H3,(H2,15,16,18). The maximum Gasteiger partial charge on any atom is 0.319 e. The number of aliphatic hydroxyl groups is 1. The average molecular weight is 303 g/mol. The van der Waals surface area contributed by atoms with Crippen LogP contribution in [0, 0.1) is 0 Å². The molecule has 0 saturated heterocycles. The van der Waals surface area contributed by atoms with Crippen LogP contribution in [0.15, 0.2) is 23.1 Å². The minimum absolute atomic E-state index is 0.0614. The molecule has 3 N–H and O–H groups in total. The van der Waals surface area contributed by atoms with Crippen molar-refractivity contribution in [2.24, 2.45) is 0 Å². The van der Waals surface area contributed by atoms with Gasteiger partial charge in [0.05, 0.1) is 5.69 Å². The van der Waals surface area contributed by atoms with Crippen LogP contribution < -0.4 is 10.6 Å². The predicted molar refractivity (Wildman–Crippen MR) is 81.2 cm³/mol. The minimum Gasteiger partial charge on any atom is -0.396 e. The fourth-order valence-corrected chi connectivity index (χ4v) is 2.47. The summed E-state index contributed by atoms with van der Waals surface area (Å²) < 4.78 is 0. The maximum atomic E-state index is 11.7. The molecule has 0 saturated carbocycles. The molecule has 0 radical (unpaired) electrons. The molecule has 1 rings (SSSR count). The zero-order valence-electron chi connectivity index (χ0n) is 11.1. The van der Waals surface area contributed by atoms with Gasteiger partial charge in [-0.2, -0.15) is 0 Å². The molecule has 0 bridgehead atoms. The van der Waals surface area contributed by atoms with E-state index in [9.17, 15) is 4.79 Å². The molecule has 0 aliphatic rings. The second-order valence-corrected chi connectivity index (χ2v) is 6.32. The SMILES string of the molecule is CC(C)Sc1ccc(Cl)cc1NC(=O)NCCCO. The number of hydrogen-bond donors (Lipinski definition) is 3. The zero-order valence-corrected chi connectivity index (χ0v) is 12.6. The number of carbonyl (C=O) groups excluding carboxylic acids is 1. The van der Waals surface area contributed by atoms with Gasteiger partial charge in [0.1, 0.15) is 0 Å². The van der Waals surface area contributed by atoms with Crippen LogP contribution in [0.1, 0.15) is 20.3 Å². The lowest BCUT2D eigenvalue weighted by Gasteiger charge is -2.13. The summed E-state index contributed by atoms with van der Waals surface area (Å²) in [4.78, 5) is 12.7. The van der Waals surface area contributed by atoms with Crippen molar-refractivity contribution >= 4 is 35.1 Å². The van der Waals surface area contributed by atoms with E-state index < -0.39 is 0 Å². The van der Waals surface area contributed by atoms with E-state index >= 15 is 0 Å². The number of urea groups is 1. The molecule has 1 aromatic rings. The second-order valence-electron chi connectivity index (χ2n) is 4.27. The molecule has 0 unspecified atom stereocenters. The lowest BCUT2D eigenvalue weighted by Crippen LogP contribution is -2.30. The molecular weight excluding hydrogens is 284 g/mol. The van der Waals surface area contributed by atoms with Gasteiger partial charge in [0.25, 0.3) is 0 Å². The van der Waals surface area contributed by atoms with Crippen molar-refractivity contribution in [1.82, 2.24) is 5.32 Å². The summed E-state index contributed by atoms with van der Waals surface area (Å²) in [6.45, 7) is 4.68. The Morgan fingerprint density at radius 3 is 2.84 bits per heavy atom. The molecule has 6 heteroatoms. The van der Waals surface area contributed by atoms with Gasteiger partial charge >= 0.3 is 6.03 Å². The van der Waals surface area contributed by atoms with Crippen LogP contribution >= 0.6 is 23.4 Å². The van der Waals surface area contributed by atoms with E-state index in [1.165, 1.54) is 0 Å². The molecule has 2 amide bonds. The Hall–Kier alpha value is -0.910. The van der Waals surface area contributed by atoms with Gasteiger partial charge < -0.3 is 15.7 Å². The molecule has 19 heavy (non-hydrogen) atoms. The third-order valence-corrected chi connectivity index (χ3v) is 3.49. The largest absolute Gasteiger partial charge is 0.396 e. The molecule has 0 atom stereocenters. The molecule has 106 valence electrons. The number of halogens is 1.